The van der Waals surface area contributed by atoms with Crippen molar-refractivity contribution in [1.29, 1.82) is 0 Å². The number of Topliss-reactive ketones (excluding diaryl/α,β-unsaturated/α-hetero) is 1. The first kappa shape index (κ1) is 15.4. The molecule has 0 aliphatic rings. The van der Waals surface area contributed by atoms with E-state index in [0.29, 0.717) is 13.0 Å². The average Bonchev–Trinajstić information content (AvgIpc) is 2.57. The summed E-state index contributed by atoms with van der Waals surface area (Å²) in [7, 11) is 0. The topological polar surface area (TPSA) is 43.1 Å². The first-order chi connectivity index (χ1) is 11.2. The zero-order valence-electron chi connectivity index (χ0n) is 13.3. The van der Waals surface area contributed by atoms with Crippen LogP contribution in [0, 0.1) is 6.92 Å². The van der Waals surface area contributed by atoms with Gasteiger partial charge in [0.2, 0.25) is 0 Å². The predicted octanol–water partition coefficient (Wildman–Crippen LogP) is 4.00. The molecular weight excluding hydrogens is 282 g/mol. The maximum absolute atomic E-state index is 12.8. The second kappa shape index (κ2) is 6.76. The lowest BCUT2D eigenvalue weighted by atomic mass is 9.88. The van der Waals surface area contributed by atoms with Gasteiger partial charge in [0.25, 0.3) is 0 Å². The average molecular weight is 303 g/mol. The van der Waals surface area contributed by atoms with E-state index in [2.05, 4.69) is 24.3 Å². The van der Waals surface area contributed by atoms with E-state index < -0.39 is 0 Å². The van der Waals surface area contributed by atoms with E-state index in [0.717, 1.165) is 22.1 Å². The summed E-state index contributed by atoms with van der Waals surface area (Å²) in [5, 5.41) is 2.36. The molecule has 23 heavy (non-hydrogen) atoms. The minimum Gasteiger partial charge on any atom is -0.329 e. The van der Waals surface area contributed by atoms with Gasteiger partial charge in [-0.3, -0.25) is 4.79 Å². The van der Waals surface area contributed by atoms with Gasteiger partial charge in [0, 0.05) is 13.0 Å². The van der Waals surface area contributed by atoms with Gasteiger partial charge in [0.05, 0.1) is 5.92 Å². The fraction of sp³-hybridized carbons (Fsp3) is 0.190. The van der Waals surface area contributed by atoms with Crippen LogP contribution in [0.15, 0.2) is 66.7 Å². The Labute approximate surface area is 136 Å². The van der Waals surface area contributed by atoms with Crippen LogP contribution in [0.2, 0.25) is 0 Å². The monoisotopic (exact) mass is 303 g/mol. The maximum atomic E-state index is 12.8. The van der Waals surface area contributed by atoms with Crippen LogP contribution in [0.3, 0.4) is 0 Å². The fourth-order valence-electron chi connectivity index (χ4n) is 3.08. The van der Waals surface area contributed by atoms with Crippen LogP contribution in [0.25, 0.3) is 10.8 Å². The van der Waals surface area contributed by atoms with Crippen LogP contribution in [0.1, 0.15) is 22.6 Å². The number of aryl methyl sites for hydroxylation is 1. The molecule has 0 saturated carbocycles. The summed E-state index contributed by atoms with van der Waals surface area (Å²) in [6.07, 6.45) is 0.418. The van der Waals surface area contributed by atoms with E-state index >= 15 is 0 Å². The third-order valence-electron chi connectivity index (χ3n) is 4.38. The molecule has 0 aromatic heterocycles. The standard InChI is InChI=1S/C21H21NO/c1-15-6-2-5-9-19(15)20(14-22)21(23)13-16-10-11-17-7-3-4-8-18(17)12-16/h2-12,20H,13-14,22H2,1H3. The lowest BCUT2D eigenvalue weighted by Gasteiger charge is -2.16. The first-order valence-electron chi connectivity index (χ1n) is 7.95. The van der Waals surface area contributed by atoms with Crippen molar-refractivity contribution >= 4 is 16.6 Å². The highest BCUT2D eigenvalue weighted by molar-refractivity contribution is 5.90. The highest BCUT2D eigenvalue weighted by atomic mass is 16.1. The van der Waals surface area contributed by atoms with Crippen LogP contribution in [-0.4, -0.2) is 12.3 Å². The van der Waals surface area contributed by atoms with Crippen molar-refractivity contribution in [3.8, 4) is 0 Å². The van der Waals surface area contributed by atoms with E-state index in [4.69, 9.17) is 5.73 Å². The lowest BCUT2D eigenvalue weighted by Crippen LogP contribution is -2.24. The molecule has 0 amide bonds. The Hall–Kier alpha value is -2.45. The van der Waals surface area contributed by atoms with Gasteiger partial charge in [0.15, 0.2) is 0 Å². The lowest BCUT2D eigenvalue weighted by molar-refractivity contribution is -0.119. The smallest absolute Gasteiger partial charge is 0.145 e. The summed E-state index contributed by atoms with van der Waals surface area (Å²) >= 11 is 0. The van der Waals surface area contributed by atoms with Gasteiger partial charge in [-0.25, -0.2) is 0 Å². The molecule has 3 aromatic rings. The Morgan fingerprint density at radius 1 is 0.957 bits per heavy atom. The highest BCUT2D eigenvalue weighted by Gasteiger charge is 2.20. The number of hydrogen-bond donors (Lipinski definition) is 1. The molecule has 3 aromatic carbocycles. The van der Waals surface area contributed by atoms with Crippen LogP contribution in [0.4, 0.5) is 0 Å². The summed E-state index contributed by atoms with van der Waals surface area (Å²) in [5.41, 5.74) is 9.10. The zero-order chi connectivity index (χ0) is 16.2. The van der Waals surface area contributed by atoms with Crippen molar-refractivity contribution < 1.29 is 4.79 Å². The predicted molar refractivity (Wildman–Crippen MR) is 95.6 cm³/mol. The molecule has 0 spiro atoms. The van der Waals surface area contributed by atoms with Crippen molar-refractivity contribution in [2.24, 2.45) is 5.73 Å². The largest absolute Gasteiger partial charge is 0.329 e. The molecule has 0 heterocycles. The van der Waals surface area contributed by atoms with Crippen molar-refractivity contribution in [3.05, 3.63) is 83.4 Å². The minimum atomic E-state index is -0.234. The Morgan fingerprint density at radius 3 is 2.39 bits per heavy atom. The molecule has 0 saturated heterocycles. The van der Waals surface area contributed by atoms with Crippen LogP contribution < -0.4 is 5.73 Å². The summed E-state index contributed by atoms with van der Waals surface area (Å²) < 4.78 is 0. The summed E-state index contributed by atoms with van der Waals surface area (Å²) in [6, 6.07) is 22.4. The quantitative estimate of drug-likeness (QED) is 0.774. The van der Waals surface area contributed by atoms with Gasteiger partial charge >= 0.3 is 0 Å². The Balaban J connectivity index is 1.85. The molecule has 3 rings (SSSR count). The van der Waals surface area contributed by atoms with Crippen molar-refractivity contribution in [1.82, 2.24) is 0 Å². The van der Waals surface area contributed by atoms with Crippen LogP contribution in [0.5, 0.6) is 0 Å². The molecular formula is C21H21NO. The normalized spacial score (nSPS) is 12.3. The molecule has 0 fully saturated rings. The second-order valence-electron chi connectivity index (χ2n) is 5.97. The van der Waals surface area contributed by atoms with Gasteiger partial charge in [-0.1, -0.05) is 66.7 Å². The van der Waals surface area contributed by atoms with Crippen molar-refractivity contribution in [2.75, 3.05) is 6.54 Å². The highest BCUT2D eigenvalue weighted by Crippen LogP contribution is 2.23. The first-order valence-corrected chi connectivity index (χ1v) is 7.95. The molecule has 0 bridgehead atoms. The van der Waals surface area contributed by atoms with Gasteiger partial charge in [-0.2, -0.15) is 0 Å². The minimum absolute atomic E-state index is 0.178. The molecule has 2 N–H and O–H groups in total. The van der Waals surface area contributed by atoms with Crippen LogP contribution >= 0.6 is 0 Å². The molecule has 116 valence electrons. The summed E-state index contributed by atoms with van der Waals surface area (Å²) in [4.78, 5) is 12.8. The van der Waals surface area contributed by atoms with E-state index in [1.807, 2.05) is 49.4 Å². The second-order valence-corrected chi connectivity index (χ2v) is 5.97. The van der Waals surface area contributed by atoms with E-state index in [1.54, 1.807) is 0 Å². The Kier molecular flexibility index (Phi) is 4.54. The van der Waals surface area contributed by atoms with Gasteiger partial charge in [0.1, 0.15) is 5.78 Å². The molecule has 1 atom stereocenters. The number of hydrogen-bond acceptors (Lipinski definition) is 2. The van der Waals surface area contributed by atoms with E-state index in [-0.39, 0.29) is 11.7 Å². The zero-order valence-corrected chi connectivity index (χ0v) is 13.3. The number of nitrogens with two attached hydrogens (primary N) is 1. The molecule has 0 aliphatic carbocycles. The summed E-state index contributed by atoms with van der Waals surface area (Å²) in [5.74, 6) is -0.0558. The molecule has 2 heteroatoms. The Bertz CT molecular complexity index is 838. The fourth-order valence-corrected chi connectivity index (χ4v) is 3.08. The molecule has 0 radical (unpaired) electrons. The van der Waals surface area contributed by atoms with Crippen molar-refractivity contribution in [3.63, 3.8) is 0 Å². The van der Waals surface area contributed by atoms with Gasteiger partial charge in [-0.05, 0) is 34.4 Å². The van der Waals surface area contributed by atoms with Crippen molar-refractivity contribution in [2.45, 2.75) is 19.3 Å². The van der Waals surface area contributed by atoms with E-state index in [1.165, 1.54) is 5.39 Å². The molecule has 1 unspecified atom stereocenters. The molecule has 2 nitrogen and oxygen atoms in total. The van der Waals surface area contributed by atoms with E-state index in [9.17, 15) is 4.79 Å². The van der Waals surface area contributed by atoms with Gasteiger partial charge < -0.3 is 5.73 Å². The maximum Gasteiger partial charge on any atom is 0.145 e. The number of benzene rings is 3. The number of carbonyl (C=O) groups is 1. The number of fused-ring (bicyclic) bond motifs is 1. The summed E-state index contributed by atoms with van der Waals surface area (Å²) in [6.45, 7) is 2.37. The number of ketones is 1. The molecule has 0 aliphatic heterocycles. The number of rotatable bonds is 5. The third kappa shape index (κ3) is 3.33. The SMILES string of the molecule is Cc1ccccc1C(CN)C(=O)Cc1ccc2ccccc2c1. The van der Waals surface area contributed by atoms with Gasteiger partial charge in [-0.15, -0.1) is 0 Å². The third-order valence-corrected chi connectivity index (χ3v) is 4.38. The Morgan fingerprint density at radius 2 is 1.65 bits per heavy atom. The number of carbonyl (C=O) groups excluding carboxylic acids is 1. The van der Waals surface area contributed by atoms with Crippen LogP contribution in [-0.2, 0) is 11.2 Å².